The molecule has 0 amide bonds. The lowest BCUT2D eigenvalue weighted by Gasteiger charge is -2.19. The summed E-state index contributed by atoms with van der Waals surface area (Å²) in [5, 5.41) is 7.57. The lowest BCUT2D eigenvalue weighted by Crippen LogP contribution is -2.24. The molecule has 0 bridgehead atoms. The second-order valence-corrected chi connectivity index (χ2v) is 4.89. The smallest absolute Gasteiger partial charge is 0.146 e. The van der Waals surface area contributed by atoms with Crippen LogP contribution in [0, 0.1) is 5.82 Å². The average molecular weight is 276 g/mol. The lowest BCUT2D eigenvalue weighted by atomic mass is 10.0. The molecule has 0 aromatic carbocycles. The number of nitrogens with one attached hydrogen (secondary N) is 1. The van der Waals surface area contributed by atoms with E-state index in [1.165, 1.54) is 6.20 Å². The number of pyridine rings is 1. The molecule has 0 radical (unpaired) electrons. The van der Waals surface area contributed by atoms with Gasteiger partial charge in [0.25, 0.3) is 0 Å². The Labute approximate surface area is 119 Å². The number of rotatable bonds is 7. The van der Waals surface area contributed by atoms with Gasteiger partial charge in [-0.05, 0) is 37.9 Å². The van der Waals surface area contributed by atoms with Crippen molar-refractivity contribution in [1.29, 1.82) is 0 Å². The summed E-state index contributed by atoms with van der Waals surface area (Å²) in [7, 11) is 1.93. The highest BCUT2D eigenvalue weighted by molar-refractivity contribution is 5.18. The van der Waals surface area contributed by atoms with Crippen LogP contribution in [0.2, 0.25) is 0 Å². The van der Waals surface area contributed by atoms with Crippen molar-refractivity contribution in [3.8, 4) is 0 Å². The van der Waals surface area contributed by atoms with Gasteiger partial charge in [0, 0.05) is 36.7 Å². The molecule has 0 saturated heterocycles. The van der Waals surface area contributed by atoms with Gasteiger partial charge in [-0.3, -0.25) is 9.67 Å². The molecule has 2 aromatic heterocycles. The second-order valence-electron chi connectivity index (χ2n) is 4.89. The molecule has 4 nitrogen and oxygen atoms in total. The molecule has 0 aliphatic heterocycles. The number of halogens is 1. The van der Waals surface area contributed by atoms with Crippen LogP contribution in [0.25, 0.3) is 0 Å². The Balaban J connectivity index is 2.08. The minimum atomic E-state index is -0.244. The van der Waals surface area contributed by atoms with E-state index in [0.717, 1.165) is 31.5 Å². The lowest BCUT2D eigenvalue weighted by molar-refractivity contribution is 0.466. The van der Waals surface area contributed by atoms with Crippen LogP contribution in [0.15, 0.2) is 30.7 Å². The molecular weight excluding hydrogens is 255 g/mol. The summed E-state index contributed by atoms with van der Waals surface area (Å²) < 4.78 is 15.8. The number of nitrogens with zero attached hydrogens (tertiary/aromatic N) is 3. The summed E-state index contributed by atoms with van der Waals surface area (Å²) in [4.78, 5) is 3.81. The van der Waals surface area contributed by atoms with E-state index in [1.807, 2.05) is 17.8 Å². The van der Waals surface area contributed by atoms with E-state index in [4.69, 9.17) is 0 Å². The molecule has 108 valence electrons. The van der Waals surface area contributed by atoms with E-state index in [9.17, 15) is 4.39 Å². The van der Waals surface area contributed by atoms with Crippen molar-refractivity contribution >= 4 is 0 Å². The maximum absolute atomic E-state index is 13.9. The van der Waals surface area contributed by atoms with E-state index in [1.54, 1.807) is 18.5 Å². The van der Waals surface area contributed by atoms with Gasteiger partial charge in [0.1, 0.15) is 5.82 Å². The highest BCUT2D eigenvalue weighted by Gasteiger charge is 2.15. The fourth-order valence-electron chi connectivity index (χ4n) is 2.29. The van der Waals surface area contributed by atoms with E-state index >= 15 is 0 Å². The zero-order chi connectivity index (χ0) is 14.4. The van der Waals surface area contributed by atoms with Gasteiger partial charge in [-0.25, -0.2) is 4.39 Å². The van der Waals surface area contributed by atoms with Crippen LogP contribution in [0.4, 0.5) is 4.39 Å². The number of aromatic nitrogens is 3. The van der Waals surface area contributed by atoms with Crippen molar-refractivity contribution in [3.05, 3.63) is 47.8 Å². The van der Waals surface area contributed by atoms with E-state index in [0.29, 0.717) is 5.56 Å². The van der Waals surface area contributed by atoms with E-state index < -0.39 is 0 Å². The Morgan fingerprint density at radius 2 is 2.20 bits per heavy atom. The average Bonchev–Trinajstić information content (AvgIpc) is 2.86. The monoisotopic (exact) mass is 276 g/mol. The normalized spacial score (nSPS) is 12.6. The Bertz CT molecular complexity index is 538. The van der Waals surface area contributed by atoms with Crippen LogP contribution >= 0.6 is 0 Å². The van der Waals surface area contributed by atoms with Gasteiger partial charge in [-0.1, -0.05) is 6.92 Å². The fraction of sp³-hybridized carbons (Fsp3) is 0.467. The molecule has 0 fully saturated rings. The largest absolute Gasteiger partial charge is 0.310 e. The molecule has 20 heavy (non-hydrogen) atoms. The first-order chi connectivity index (χ1) is 9.72. The number of hydrogen-bond acceptors (Lipinski definition) is 3. The van der Waals surface area contributed by atoms with Crippen LogP contribution in [0.1, 0.15) is 37.1 Å². The first kappa shape index (κ1) is 14.7. The summed E-state index contributed by atoms with van der Waals surface area (Å²) in [5.41, 5.74) is 1.85. The van der Waals surface area contributed by atoms with E-state index in [2.05, 4.69) is 22.3 Å². The third-order valence-electron chi connectivity index (χ3n) is 3.43. The van der Waals surface area contributed by atoms with Gasteiger partial charge in [0.05, 0.1) is 6.20 Å². The minimum Gasteiger partial charge on any atom is -0.310 e. The van der Waals surface area contributed by atoms with Crippen molar-refractivity contribution in [3.63, 3.8) is 0 Å². The summed E-state index contributed by atoms with van der Waals surface area (Å²) in [6.45, 7) is 2.98. The fourth-order valence-corrected chi connectivity index (χ4v) is 2.29. The molecule has 0 aliphatic rings. The zero-order valence-corrected chi connectivity index (χ0v) is 12.0. The summed E-state index contributed by atoms with van der Waals surface area (Å²) >= 11 is 0. The van der Waals surface area contributed by atoms with Gasteiger partial charge >= 0.3 is 0 Å². The van der Waals surface area contributed by atoms with Crippen molar-refractivity contribution in [2.24, 2.45) is 7.05 Å². The van der Waals surface area contributed by atoms with Crippen molar-refractivity contribution in [2.75, 3.05) is 6.54 Å². The Hall–Kier alpha value is -1.75. The zero-order valence-electron chi connectivity index (χ0n) is 12.0. The molecule has 5 heteroatoms. The Kier molecular flexibility index (Phi) is 5.24. The SMILES string of the molecule is CCCNC(CCc1ccnn1C)c1ccncc1F. The van der Waals surface area contributed by atoms with Crippen LogP contribution in [-0.2, 0) is 13.5 Å². The second kappa shape index (κ2) is 7.14. The predicted octanol–water partition coefficient (Wildman–Crippen LogP) is 2.63. The standard InChI is InChI=1S/C15H21FN4/c1-3-8-18-15(13-7-9-17-11-14(13)16)5-4-12-6-10-19-20(12)2/h6-7,9-11,15,18H,3-5,8H2,1-2H3. The highest BCUT2D eigenvalue weighted by Crippen LogP contribution is 2.21. The van der Waals surface area contributed by atoms with E-state index in [-0.39, 0.29) is 11.9 Å². The molecule has 2 rings (SSSR count). The summed E-state index contributed by atoms with van der Waals surface area (Å²) in [6.07, 6.45) is 7.43. The molecule has 1 unspecified atom stereocenters. The summed E-state index contributed by atoms with van der Waals surface area (Å²) in [5.74, 6) is -0.244. The molecule has 2 aromatic rings. The Morgan fingerprint density at radius 3 is 2.85 bits per heavy atom. The van der Waals surface area contributed by atoms with Gasteiger partial charge in [0.15, 0.2) is 0 Å². The van der Waals surface area contributed by atoms with Crippen molar-refractivity contribution in [1.82, 2.24) is 20.1 Å². The van der Waals surface area contributed by atoms with Crippen molar-refractivity contribution in [2.45, 2.75) is 32.2 Å². The van der Waals surface area contributed by atoms with Gasteiger partial charge < -0.3 is 5.32 Å². The number of hydrogen-bond donors (Lipinski definition) is 1. The third-order valence-corrected chi connectivity index (χ3v) is 3.43. The molecule has 0 spiro atoms. The minimum absolute atomic E-state index is 0.00727. The van der Waals surface area contributed by atoms with Crippen LogP contribution in [0.5, 0.6) is 0 Å². The maximum atomic E-state index is 13.9. The van der Waals surface area contributed by atoms with Gasteiger partial charge in [0.2, 0.25) is 0 Å². The third kappa shape index (κ3) is 3.63. The first-order valence-electron chi connectivity index (χ1n) is 7.02. The van der Waals surface area contributed by atoms with Crippen LogP contribution < -0.4 is 5.32 Å². The molecular formula is C15H21FN4. The topological polar surface area (TPSA) is 42.7 Å². The molecule has 2 heterocycles. The maximum Gasteiger partial charge on any atom is 0.146 e. The van der Waals surface area contributed by atoms with Gasteiger partial charge in [-0.15, -0.1) is 0 Å². The molecule has 1 atom stereocenters. The Morgan fingerprint density at radius 1 is 1.35 bits per heavy atom. The molecule has 0 saturated carbocycles. The molecule has 0 aliphatic carbocycles. The quantitative estimate of drug-likeness (QED) is 0.845. The molecule has 1 N–H and O–H groups in total. The first-order valence-corrected chi connectivity index (χ1v) is 7.02. The van der Waals surface area contributed by atoms with Crippen molar-refractivity contribution < 1.29 is 4.39 Å². The van der Waals surface area contributed by atoms with Crippen LogP contribution in [-0.4, -0.2) is 21.3 Å². The predicted molar refractivity (Wildman–Crippen MR) is 76.8 cm³/mol. The summed E-state index contributed by atoms with van der Waals surface area (Å²) in [6, 6.07) is 3.76. The number of aryl methyl sites for hydroxylation is 2. The van der Waals surface area contributed by atoms with Crippen LogP contribution in [0.3, 0.4) is 0 Å². The van der Waals surface area contributed by atoms with Gasteiger partial charge in [-0.2, -0.15) is 5.10 Å². The highest BCUT2D eigenvalue weighted by atomic mass is 19.1.